The molecule has 6 nitrogen and oxygen atoms in total. The van der Waals surface area contributed by atoms with Gasteiger partial charge in [-0.05, 0) is 85.0 Å². The highest BCUT2D eigenvalue weighted by atomic mass is 15.0. The normalized spacial score (nSPS) is 13.9. The molecule has 0 amide bonds. The van der Waals surface area contributed by atoms with Gasteiger partial charge in [0.15, 0.2) is 34.9 Å². The molecule has 0 saturated carbocycles. The van der Waals surface area contributed by atoms with E-state index >= 15 is 0 Å². The molecule has 12 aromatic rings. The summed E-state index contributed by atoms with van der Waals surface area (Å²) in [6.45, 7) is 0. The first-order valence-corrected chi connectivity index (χ1v) is 25.1. The van der Waals surface area contributed by atoms with Gasteiger partial charge >= 0.3 is 0 Å². The molecule has 0 N–H and O–H groups in total. The lowest BCUT2D eigenvalue weighted by Gasteiger charge is -2.42. The monoisotopic (exact) mass is 944 g/mol. The minimum absolute atomic E-state index is 0.00255. The van der Waals surface area contributed by atoms with Crippen LogP contribution in [0.25, 0.3) is 102 Å². The zero-order valence-corrected chi connectivity index (χ0v) is 40.1. The molecule has 10 aromatic carbocycles. The van der Waals surface area contributed by atoms with Crippen LogP contribution in [0.15, 0.2) is 255 Å². The molecule has 3 aliphatic rings. The molecule has 2 bridgehead atoms. The maximum Gasteiger partial charge on any atom is 0.164 e. The Morgan fingerprint density at radius 1 is 0.176 bits per heavy atom. The quantitative estimate of drug-likeness (QED) is 0.143. The van der Waals surface area contributed by atoms with E-state index in [4.69, 9.17) is 29.9 Å². The van der Waals surface area contributed by atoms with Gasteiger partial charge in [-0.3, -0.25) is 0 Å². The van der Waals surface area contributed by atoms with E-state index in [0.29, 0.717) is 34.9 Å². The Kier molecular flexibility index (Phi) is 10.5. The van der Waals surface area contributed by atoms with Crippen LogP contribution in [0.2, 0.25) is 0 Å². The highest BCUT2D eigenvalue weighted by molar-refractivity contribution is 5.93. The minimum Gasteiger partial charge on any atom is -0.208 e. The Bertz CT molecular complexity index is 4010. The predicted octanol–water partition coefficient (Wildman–Crippen LogP) is 16.0. The third-order valence-corrected chi connectivity index (χ3v) is 14.6. The lowest BCUT2D eigenvalue weighted by Crippen LogP contribution is -2.27. The van der Waals surface area contributed by atoms with Gasteiger partial charge in [0.05, 0.1) is 0 Å². The second kappa shape index (κ2) is 18.1. The Balaban J connectivity index is 0.903. The molecule has 0 fully saturated rings. The van der Waals surface area contributed by atoms with Gasteiger partial charge in [-0.25, -0.2) is 29.9 Å². The lowest BCUT2D eigenvalue weighted by atomic mass is 9.61. The summed E-state index contributed by atoms with van der Waals surface area (Å²) in [5.74, 6) is 3.79. The van der Waals surface area contributed by atoms with Crippen LogP contribution in [0.3, 0.4) is 0 Å². The second-order valence-electron chi connectivity index (χ2n) is 18.9. The molecule has 0 aliphatic heterocycles. The second-order valence-corrected chi connectivity index (χ2v) is 18.9. The molecule has 2 heterocycles. The van der Waals surface area contributed by atoms with E-state index in [2.05, 4.69) is 200 Å². The molecule has 0 radical (unpaired) electrons. The zero-order valence-electron chi connectivity index (χ0n) is 40.1. The van der Waals surface area contributed by atoms with Crippen LogP contribution in [0.1, 0.15) is 45.2 Å². The SMILES string of the molecule is c1ccc(-c2ccc(-c3ccccc3)c(-c3ccccc3-c3nc(-c4ccccc4)nc(-c4ccc5c(c4)C4c6ccccc6C5c5cc(-c6nc(-c7ccccc7)nc(-c7ccccc7)n6)ccc54)n3)c2)cc1. The molecule has 6 heteroatoms. The maximum atomic E-state index is 5.43. The van der Waals surface area contributed by atoms with Crippen molar-refractivity contribution in [1.82, 2.24) is 29.9 Å². The molecule has 2 atom stereocenters. The maximum absolute atomic E-state index is 5.43. The topological polar surface area (TPSA) is 77.3 Å². The summed E-state index contributed by atoms with van der Waals surface area (Å²) in [4.78, 5) is 31.2. The van der Waals surface area contributed by atoms with Gasteiger partial charge in [0.2, 0.25) is 0 Å². The highest BCUT2D eigenvalue weighted by Crippen LogP contribution is 2.57. The molecule has 3 aliphatic carbocycles. The van der Waals surface area contributed by atoms with Crippen molar-refractivity contribution in [3.8, 4) is 102 Å². The van der Waals surface area contributed by atoms with E-state index in [1.165, 1.54) is 33.4 Å². The van der Waals surface area contributed by atoms with Crippen molar-refractivity contribution in [1.29, 1.82) is 0 Å². The summed E-state index contributed by atoms with van der Waals surface area (Å²) in [6.07, 6.45) is 0. The van der Waals surface area contributed by atoms with Gasteiger partial charge in [-0.2, -0.15) is 0 Å². The standard InChI is InChI=1S/C68H44N6/c1-6-20-43(21-7-1)48-34-37-51(44-22-8-2-9-23-44)58(40-48)52-30-16-19-33-57(52)68-73-65(47-28-14-5-15-29-47)72-67(74-68)50-36-39-56-60(42-50)62-54-32-18-17-31-53(54)61(56)59-41-49(35-38-55(59)62)66-70-63(45-24-10-3-11-25-45)69-64(71-66)46-26-12-4-13-27-46/h1-42,61-62H. The average molecular weight is 945 g/mol. The van der Waals surface area contributed by atoms with Gasteiger partial charge in [0.25, 0.3) is 0 Å². The number of nitrogens with zero attached hydrogens (tertiary/aromatic N) is 6. The number of hydrogen-bond acceptors (Lipinski definition) is 6. The van der Waals surface area contributed by atoms with Gasteiger partial charge in [-0.1, -0.05) is 237 Å². The number of aromatic nitrogens is 6. The van der Waals surface area contributed by atoms with Crippen LogP contribution in [-0.2, 0) is 0 Å². The summed E-state index contributed by atoms with van der Waals surface area (Å²) < 4.78 is 0. The number of benzene rings is 10. The van der Waals surface area contributed by atoms with E-state index in [0.717, 1.165) is 66.8 Å². The van der Waals surface area contributed by atoms with E-state index in [-0.39, 0.29) is 11.8 Å². The number of rotatable bonds is 9. The average Bonchev–Trinajstić information content (AvgIpc) is 3.52. The molecule has 0 spiro atoms. The van der Waals surface area contributed by atoms with E-state index in [9.17, 15) is 0 Å². The lowest BCUT2D eigenvalue weighted by molar-refractivity contribution is 0.754. The van der Waals surface area contributed by atoms with E-state index in [1.807, 2.05) is 54.6 Å². The van der Waals surface area contributed by atoms with Crippen LogP contribution in [-0.4, -0.2) is 29.9 Å². The molecule has 2 unspecified atom stereocenters. The molecule has 0 saturated heterocycles. The summed E-state index contributed by atoms with van der Waals surface area (Å²) >= 11 is 0. The fourth-order valence-corrected chi connectivity index (χ4v) is 11.1. The van der Waals surface area contributed by atoms with Crippen LogP contribution in [0.4, 0.5) is 0 Å². The van der Waals surface area contributed by atoms with Crippen LogP contribution in [0, 0.1) is 0 Å². The van der Waals surface area contributed by atoms with Crippen LogP contribution < -0.4 is 0 Å². The van der Waals surface area contributed by atoms with Crippen LogP contribution >= 0.6 is 0 Å². The van der Waals surface area contributed by atoms with Gasteiger partial charge < -0.3 is 0 Å². The van der Waals surface area contributed by atoms with Crippen molar-refractivity contribution in [3.63, 3.8) is 0 Å². The Hall–Kier alpha value is -9.78. The summed E-state index contributed by atoms with van der Waals surface area (Å²) in [5, 5.41) is 0. The first-order chi connectivity index (χ1) is 36.7. The zero-order chi connectivity index (χ0) is 49.0. The molecule has 2 aromatic heterocycles. The van der Waals surface area contributed by atoms with Gasteiger partial charge in [-0.15, -0.1) is 0 Å². The largest absolute Gasteiger partial charge is 0.208 e. The van der Waals surface area contributed by atoms with Gasteiger partial charge in [0, 0.05) is 45.2 Å². The van der Waals surface area contributed by atoms with E-state index < -0.39 is 0 Å². The Labute approximate surface area is 429 Å². The first kappa shape index (κ1) is 43.0. The van der Waals surface area contributed by atoms with E-state index in [1.54, 1.807) is 0 Å². The third-order valence-electron chi connectivity index (χ3n) is 14.6. The molecular formula is C68H44N6. The fourth-order valence-electron chi connectivity index (χ4n) is 11.1. The molecular weight excluding hydrogens is 901 g/mol. The summed E-state index contributed by atoms with van der Waals surface area (Å²) in [5.41, 5.74) is 20.1. The van der Waals surface area contributed by atoms with Gasteiger partial charge in [0.1, 0.15) is 0 Å². The Morgan fingerprint density at radius 2 is 0.514 bits per heavy atom. The minimum atomic E-state index is -0.00255. The van der Waals surface area contributed by atoms with Crippen molar-refractivity contribution in [3.05, 3.63) is 288 Å². The summed E-state index contributed by atoms with van der Waals surface area (Å²) in [7, 11) is 0. The molecule has 74 heavy (non-hydrogen) atoms. The summed E-state index contributed by atoms with van der Waals surface area (Å²) in [6, 6.07) is 89.6. The van der Waals surface area contributed by atoms with Crippen molar-refractivity contribution in [2.45, 2.75) is 11.8 Å². The molecule has 15 rings (SSSR count). The fraction of sp³-hybridized carbons (Fsp3) is 0.0294. The van der Waals surface area contributed by atoms with Crippen molar-refractivity contribution in [2.24, 2.45) is 0 Å². The smallest absolute Gasteiger partial charge is 0.164 e. The van der Waals surface area contributed by atoms with Crippen molar-refractivity contribution < 1.29 is 0 Å². The predicted molar refractivity (Wildman–Crippen MR) is 297 cm³/mol. The molecule has 346 valence electrons. The van der Waals surface area contributed by atoms with Crippen LogP contribution in [0.5, 0.6) is 0 Å². The number of hydrogen-bond donors (Lipinski definition) is 0. The third kappa shape index (κ3) is 7.60. The first-order valence-electron chi connectivity index (χ1n) is 25.1. The van der Waals surface area contributed by atoms with Crippen molar-refractivity contribution in [2.75, 3.05) is 0 Å². The Morgan fingerprint density at radius 3 is 0.973 bits per heavy atom. The van der Waals surface area contributed by atoms with Crippen molar-refractivity contribution >= 4 is 0 Å². The highest BCUT2D eigenvalue weighted by Gasteiger charge is 2.41.